The number of aryl methyl sites for hydroxylation is 2. The molecule has 0 spiro atoms. The minimum Gasteiger partial charge on any atom is -0.433 e. The number of benzene rings is 2. The number of oxazole rings is 1. The number of para-hydroxylation sites is 1. The molecule has 0 bridgehead atoms. The third-order valence-electron chi connectivity index (χ3n) is 3.71. The summed E-state index contributed by atoms with van der Waals surface area (Å²) in [4.78, 5) is 16.8. The van der Waals surface area contributed by atoms with E-state index >= 15 is 0 Å². The van der Waals surface area contributed by atoms with E-state index in [4.69, 9.17) is 4.42 Å². The van der Waals surface area contributed by atoms with Crippen LogP contribution in [0.2, 0.25) is 0 Å². The summed E-state index contributed by atoms with van der Waals surface area (Å²) in [5.74, 6) is -0.392. The van der Waals surface area contributed by atoms with E-state index in [1.807, 2.05) is 30.3 Å². The number of carbonyl (C=O) groups excluding carboxylic acids is 1. The molecule has 0 saturated heterocycles. The minimum atomic E-state index is -3.00. The number of anilines is 1. The first-order chi connectivity index (χ1) is 12.5. The molecule has 1 aromatic heterocycles. The Hall–Kier alpha value is -3.22. The molecule has 0 unspecified atom stereocenters. The van der Waals surface area contributed by atoms with Gasteiger partial charge in [0, 0.05) is 5.56 Å². The number of aromatic nitrogens is 1. The van der Waals surface area contributed by atoms with Crippen LogP contribution in [0.15, 0.2) is 52.9 Å². The Morgan fingerprint density at radius 1 is 1.12 bits per heavy atom. The lowest BCUT2D eigenvalue weighted by Gasteiger charge is -2.13. The van der Waals surface area contributed by atoms with Crippen LogP contribution in [0.4, 0.5) is 14.5 Å². The van der Waals surface area contributed by atoms with Gasteiger partial charge in [0.05, 0.1) is 11.4 Å². The summed E-state index contributed by atoms with van der Waals surface area (Å²) < 4.78 is 35.2. The van der Waals surface area contributed by atoms with Crippen molar-refractivity contribution >= 4 is 11.6 Å². The molecular formula is C19H16F2N2O3. The van der Waals surface area contributed by atoms with Gasteiger partial charge >= 0.3 is 6.61 Å². The van der Waals surface area contributed by atoms with Crippen molar-refractivity contribution in [2.24, 2.45) is 0 Å². The van der Waals surface area contributed by atoms with Crippen LogP contribution in [-0.4, -0.2) is 17.5 Å². The molecule has 1 heterocycles. The number of hydrogen-bond acceptors (Lipinski definition) is 4. The zero-order chi connectivity index (χ0) is 18.7. The summed E-state index contributed by atoms with van der Waals surface area (Å²) in [6.07, 6.45) is 0. The highest BCUT2D eigenvalue weighted by atomic mass is 19.3. The molecule has 134 valence electrons. The van der Waals surface area contributed by atoms with Gasteiger partial charge in [-0.3, -0.25) is 4.79 Å². The number of alkyl halides is 2. The summed E-state index contributed by atoms with van der Waals surface area (Å²) in [5, 5.41) is 2.58. The lowest BCUT2D eigenvalue weighted by molar-refractivity contribution is -0.0493. The molecule has 2 aromatic carbocycles. The zero-order valence-electron chi connectivity index (χ0n) is 14.1. The molecule has 5 nitrogen and oxygen atoms in total. The molecule has 0 radical (unpaired) electrons. The maximum absolute atomic E-state index is 12.6. The smallest absolute Gasteiger partial charge is 0.387 e. The second-order valence-electron chi connectivity index (χ2n) is 5.58. The van der Waals surface area contributed by atoms with Crippen LogP contribution in [0.1, 0.15) is 21.8 Å². The Bertz CT molecular complexity index is 924. The van der Waals surface area contributed by atoms with Crippen molar-refractivity contribution in [1.82, 2.24) is 4.98 Å². The van der Waals surface area contributed by atoms with Gasteiger partial charge in [0.25, 0.3) is 5.91 Å². The van der Waals surface area contributed by atoms with E-state index in [1.165, 1.54) is 6.07 Å². The lowest BCUT2D eigenvalue weighted by atomic mass is 10.2. The first-order valence-corrected chi connectivity index (χ1v) is 7.84. The normalized spacial score (nSPS) is 10.8. The summed E-state index contributed by atoms with van der Waals surface area (Å²) in [6, 6.07) is 13.7. The SMILES string of the molecule is Cc1cccc(OC(F)F)c1NC(=O)c1oc(-c2ccccc2)nc1C. The van der Waals surface area contributed by atoms with Gasteiger partial charge in [-0.25, -0.2) is 4.98 Å². The number of amides is 1. The number of rotatable bonds is 5. The molecule has 3 aromatic rings. The largest absolute Gasteiger partial charge is 0.433 e. The van der Waals surface area contributed by atoms with E-state index in [1.54, 1.807) is 26.0 Å². The molecule has 7 heteroatoms. The maximum atomic E-state index is 12.6. The average Bonchev–Trinajstić information content (AvgIpc) is 3.00. The second-order valence-corrected chi connectivity index (χ2v) is 5.58. The summed E-state index contributed by atoms with van der Waals surface area (Å²) in [7, 11) is 0. The fourth-order valence-corrected chi connectivity index (χ4v) is 2.48. The van der Waals surface area contributed by atoms with Crippen LogP contribution in [0.5, 0.6) is 5.75 Å². The molecule has 0 aliphatic rings. The van der Waals surface area contributed by atoms with Crippen LogP contribution >= 0.6 is 0 Å². The first-order valence-electron chi connectivity index (χ1n) is 7.84. The quantitative estimate of drug-likeness (QED) is 0.711. The Balaban J connectivity index is 1.89. The van der Waals surface area contributed by atoms with Crippen molar-refractivity contribution in [3.8, 4) is 17.2 Å². The molecule has 1 amide bonds. The van der Waals surface area contributed by atoms with E-state index in [0.717, 1.165) is 5.56 Å². The van der Waals surface area contributed by atoms with Gasteiger partial charge < -0.3 is 14.5 Å². The van der Waals surface area contributed by atoms with Crippen molar-refractivity contribution < 1.29 is 22.7 Å². The second kappa shape index (κ2) is 7.35. The van der Waals surface area contributed by atoms with E-state index in [-0.39, 0.29) is 17.2 Å². The molecule has 0 saturated carbocycles. The van der Waals surface area contributed by atoms with Crippen LogP contribution in [0.3, 0.4) is 0 Å². The van der Waals surface area contributed by atoms with Crippen molar-refractivity contribution in [2.45, 2.75) is 20.5 Å². The van der Waals surface area contributed by atoms with Crippen molar-refractivity contribution in [3.63, 3.8) is 0 Å². The van der Waals surface area contributed by atoms with E-state index in [0.29, 0.717) is 17.1 Å². The zero-order valence-corrected chi connectivity index (χ0v) is 14.1. The number of nitrogens with one attached hydrogen (secondary N) is 1. The number of hydrogen-bond donors (Lipinski definition) is 1. The number of ether oxygens (including phenoxy) is 1. The Morgan fingerprint density at radius 2 is 1.85 bits per heavy atom. The van der Waals surface area contributed by atoms with Gasteiger partial charge in [-0.2, -0.15) is 8.78 Å². The van der Waals surface area contributed by atoms with Gasteiger partial charge in [-0.15, -0.1) is 0 Å². The fourth-order valence-electron chi connectivity index (χ4n) is 2.48. The topological polar surface area (TPSA) is 64.4 Å². The van der Waals surface area contributed by atoms with Crippen molar-refractivity contribution in [1.29, 1.82) is 0 Å². The maximum Gasteiger partial charge on any atom is 0.387 e. The van der Waals surface area contributed by atoms with Gasteiger partial charge in [0.2, 0.25) is 11.7 Å². The predicted molar refractivity (Wildman–Crippen MR) is 92.4 cm³/mol. The average molecular weight is 358 g/mol. The molecule has 0 aliphatic carbocycles. The monoisotopic (exact) mass is 358 g/mol. The molecule has 1 N–H and O–H groups in total. The molecule has 0 aliphatic heterocycles. The Morgan fingerprint density at radius 3 is 2.54 bits per heavy atom. The Labute approximate surface area is 148 Å². The third kappa shape index (κ3) is 3.72. The standard InChI is InChI=1S/C19H16F2N2O3/c1-11-7-6-10-14(25-19(20)21)15(11)23-17(24)16-12(2)22-18(26-16)13-8-4-3-5-9-13/h3-10,19H,1-2H3,(H,23,24). The summed E-state index contributed by atoms with van der Waals surface area (Å²) in [6.45, 7) is 0.319. The summed E-state index contributed by atoms with van der Waals surface area (Å²) in [5.41, 5.74) is 1.87. The van der Waals surface area contributed by atoms with E-state index in [9.17, 15) is 13.6 Å². The van der Waals surface area contributed by atoms with E-state index in [2.05, 4.69) is 15.0 Å². The van der Waals surface area contributed by atoms with Crippen molar-refractivity contribution in [2.75, 3.05) is 5.32 Å². The first kappa shape index (κ1) is 17.6. The minimum absolute atomic E-state index is 0.00935. The van der Waals surface area contributed by atoms with Crippen LogP contribution < -0.4 is 10.1 Å². The van der Waals surface area contributed by atoms with Gasteiger partial charge in [-0.1, -0.05) is 30.3 Å². The van der Waals surface area contributed by atoms with E-state index < -0.39 is 12.5 Å². The van der Waals surface area contributed by atoms with Crippen molar-refractivity contribution in [3.05, 3.63) is 65.5 Å². The van der Waals surface area contributed by atoms with Gasteiger partial charge in [-0.05, 0) is 37.6 Å². The summed E-state index contributed by atoms with van der Waals surface area (Å²) >= 11 is 0. The highest BCUT2D eigenvalue weighted by Crippen LogP contribution is 2.30. The number of halogens is 2. The molecule has 0 atom stereocenters. The highest BCUT2D eigenvalue weighted by Gasteiger charge is 2.21. The molecule has 0 fully saturated rings. The third-order valence-corrected chi connectivity index (χ3v) is 3.71. The molecule has 3 rings (SSSR count). The number of nitrogens with zero attached hydrogens (tertiary/aromatic N) is 1. The predicted octanol–water partition coefficient (Wildman–Crippen LogP) is 4.81. The fraction of sp³-hybridized carbons (Fsp3) is 0.158. The van der Waals surface area contributed by atoms with Gasteiger partial charge in [0.1, 0.15) is 5.75 Å². The lowest BCUT2D eigenvalue weighted by Crippen LogP contribution is -2.15. The molecule has 26 heavy (non-hydrogen) atoms. The molecular weight excluding hydrogens is 342 g/mol. The van der Waals surface area contributed by atoms with Crippen LogP contribution in [0.25, 0.3) is 11.5 Å². The van der Waals surface area contributed by atoms with Gasteiger partial charge in [0.15, 0.2) is 0 Å². The van der Waals surface area contributed by atoms with Crippen LogP contribution in [-0.2, 0) is 0 Å². The van der Waals surface area contributed by atoms with Crippen LogP contribution in [0, 0.1) is 13.8 Å². The Kier molecular flexibility index (Phi) is 4.97. The highest BCUT2D eigenvalue weighted by molar-refractivity contribution is 6.04. The number of carbonyl (C=O) groups is 1.